The number of aliphatic hydroxyl groups excluding tert-OH is 1. The topological polar surface area (TPSA) is 57.5 Å². The van der Waals surface area contributed by atoms with Crippen LogP contribution < -0.4 is 0 Å². The van der Waals surface area contributed by atoms with Crippen LogP contribution in [0.5, 0.6) is 0 Å². The Labute approximate surface area is 84.7 Å². The van der Waals surface area contributed by atoms with Gasteiger partial charge in [-0.3, -0.25) is 4.79 Å². The predicted molar refractivity (Wildman–Crippen MR) is 48.5 cm³/mol. The first-order valence-corrected chi connectivity index (χ1v) is 4.17. The van der Waals surface area contributed by atoms with E-state index in [4.69, 9.17) is 16.7 Å². The number of carbonyl (C=O) groups excluding carboxylic acids is 1. The second-order valence-corrected chi connectivity index (χ2v) is 3.21. The zero-order valence-electron chi connectivity index (χ0n) is 7.08. The molecule has 2 N–H and O–H groups in total. The molecule has 3 nitrogen and oxygen atoms in total. The highest BCUT2D eigenvalue weighted by Crippen LogP contribution is 2.26. The van der Waals surface area contributed by atoms with Crippen molar-refractivity contribution in [1.29, 1.82) is 0 Å². The van der Waals surface area contributed by atoms with Crippen molar-refractivity contribution in [1.82, 2.24) is 0 Å². The molecule has 1 atom stereocenters. The van der Waals surface area contributed by atoms with E-state index < -0.39 is 18.0 Å². The van der Waals surface area contributed by atoms with Crippen molar-refractivity contribution in [2.45, 2.75) is 5.60 Å². The van der Waals surface area contributed by atoms with Gasteiger partial charge < -0.3 is 10.2 Å². The lowest BCUT2D eigenvalue weighted by molar-refractivity contribution is -0.129. The molecule has 1 aromatic carbocycles. The van der Waals surface area contributed by atoms with Crippen LogP contribution >= 0.6 is 11.6 Å². The van der Waals surface area contributed by atoms with Crippen molar-refractivity contribution in [2.75, 3.05) is 6.61 Å². The molecule has 0 aliphatic heterocycles. The summed E-state index contributed by atoms with van der Waals surface area (Å²) in [5, 5.41) is 18.0. The normalized spacial score (nSPS) is 14.9. The molecule has 0 aliphatic carbocycles. The monoisotopic (exact) mass is 218 g/mol. The first kappa shape index (κ1) is 11.1. The lowest BCUT2D eigenvalue weighted by Gasteiger charge is -2.19. The molecule has 0 aromatic heterocycles. The van der Waals surface area contributed by atoms with E-state index in [1.807, 2.05) is 0 Å². The van der Waals surface area contributed by atoms with E-state index in [1.54, 1.807) is 0 Å². The molecule has 0 radical (unpaired) electrons. The lowest BCUT2D eigenvalue weighted by Crippen LogP contribution is -2.33. The highest BCUT2D eigenvalue weighted by molar-refractivity contribution is 6.30. The summed E-state index contributed by atoms with van der Waals surface area (Å²) in [4.78, 5) is 10.5. The number of carbonyl (C=O) groups is 1. The van der Waals surface area contributed by atoms with Crippen molar-refractivity contribution in [3.63, 3.8) is 0 Å². The smallest absolute Gasteiger partial charge is 0.170 e. The number of aldehydes is 1. The zero-order chi connectivity index (χ0) is 10.8. The largest absolute Gasteiger partial charge is 0.393 e. The molecule has 0 fully saturated rings. The zero-order valence-corrected chi connectivity index (χ0v) is 7.83. The van der Waals surface area contributed by atoms with Gasteiger partial charge in [-0.25, -0.2) is 4.39 Å². The Morgan fingerprint density at radius 3 is 2.71 bits per heavy atom. The van der Waals surface area contributed by atoms with E-state index >= 15 is 0 Å². The van der Waals surface area contributed by atoms with Crippen LogP contribution in [0.3, 0.4) is 0 Å². The Balaban J connectivity index is 3.31. The second kappa shape index (κ2) is 4.04. The van der Waals surface area contributed by atoms with Crippen LogP contribution in [0.4, 0.5) is 4.39 Å². The van der Waals surface area contributed by atoms with Crippen LogP contribution in [0.15, 0.2) is 18.2 Å². The molecular formula is C9H8ClFO3. The van der Waals surface area contributed by atoms with Gasteiger partial charge in [0.1, 0.15) is 5.82 Å². The van der Waals surface area contributed by atoms with E-state index in [0.29, 0.717) is 0 Å². The van der Waals surface area contributed by atoms with Gasteiger partial charge >= 0.3 is 0 Å². The minimum atomic E-state index is -2.23. The lowest BCUT2D eigenvalue weighted by atomic mass is 9.96. The van der Waals surface area contributed by atoms with Crippen molar-refractivity contribution in [3.05, 3.63) is 34.6 Å². The van der Waals surface area contributed by atoms with Gasteiger partial charge in [-0.1, -0.05) is 23.7 Å². The Bertz CT molecular complexity index is 356. The summed E-state index contributed by atoms with van der Waals surface area (Å²) in [7, 11) is 0. The van der Waals surface area contributed by atoms with Gasteiger partial charge in [0.15, 0.2) is 11.9 Å². The maximum absolute atomic E-state index is 13.3. The molecule has 0 amide bonds. The summed E-state index contributed by atoms with van der Waals surface area (Å²) >= 11 is 5.45. The summed E-state index contributed by atoms with van der Waals surface area (Å²) < 4.78 is 13.3. The molecule has 14 heavy (non-hydrogen) atoms. The average Bonchev–Trinajstić information content (AvgIpc) is 2.21. The van der Waals surface area contributed by atoms with Crippen LogP contribution in [-0.4, -0.2) is 23.1 Å². The van der Waals surface area contributed by atoms with Crippen molar-refractivity contribution in [2.24, 2.45) is 0 Å². The molecule has 0 bridgehead atoms. The summed E-state index contributed by atoms with van der Waals surface area (Å²) in [6.07, 6.45) is 0.0712. The van der Waals surface area contributed by atoms with E-state index in [2.05, 4.69) is 0 Å². The maximum Gasteiger partial charge on any atom is 0.170 e. The fourth-order valence-electron chi connectivity index (χ4n) is 1.02. The van der Waals surface area contributed by atoms with Gasteiger partial charge in [0.2, 0.25) is 0 Å². The summed E-state index contributed by atoms with van der Waals surface area (Å²) in [6, 6.07) is 3.85. The predicted octanol–water partition coefficient (Wildman–Crippen LogP) is 0.858. The van der Waals surface area contributed by atoms with Gasteiger partial charge in [0.05, 0.1) is 11.6 Å². The third-order valence-electron chi connectivity index (χ3n) is 1.85. The molecule has 1 unspecified atom stereocenters. The Kier molecular flexibility index (Phi) is 3.21. The van der Waals surface area contributed by atoms with Crippen LogP contribution in [0.1, 0.15) is 5.56 Å². The van der Waals surface area contributed by atoms with Crippen molar-refractivity contribution in [3.8, 4) is 0 Å². The molecule has 76 valence electrons. The Morgan fingerprint density at radius 1 is 1.57 bits per heavy atom. The number of hydrogen-bond donors (Lipinski definition) is 2. The number of rotatable bonds is 3. The highest BCUT2D eigenvalue weighted by atomic mass is 35.5. The first-order chi connectivity index (χ1) is 6.55. The number of benzene rings is 1. The standard InChI is InChI=1S/C9H8ClFO3/c10-7-3-1-2-6(8(7)11)9(14,4-12)5-13/h1-4,13-14H,5H2. The number of halogens is 2. The van der Waals surface area contributed by atoms with Gasteiger partial charge in [-0.05, 0) is 6.07 Å². The molecule has 0 heterocycles. The molecule has 0 aliphatic rings. The van der Waals surface area contributed by atoms with Crippen molar-refractivity contribution < 1.29 is 19.4 Å². The average molecular weight is 219 g/mol. The quantitative estimate of drug-likeness (QED) is 0.740. The van der Waals surface area contributed by atoms with E-state index in [9.17, 15) is 14.3 Å². The third kappa shape index (κ3) is 1.77. The van der Waals surface area contributed by atoms with Crippen molar-refractivity contribution >= 4 is 17.9 Å². The number of aliphatic hydroxyl groups is 2. The van der Waals surface area contributed by atoms with E-state index in [-0.39, 0.29) is 16.9 Å². The maximum atomic E-state index is 13.3. The minimum Gasteiger partial charge on any atom is -0.393 e. The summed E-state index contributed by atoms with van der Waals surface area (Å²) in [5.41, 5.74) is -2.56. The molecule has 5 heteroatoms. The van der Waals surface area contributed by atoms with E-state index in [0.717, 1.165) is 0 Å². The molecule has 1 rings (SSSR count). The molecule has 1 aromatic rings. The Hall–Kier alpha value is -0.970. The fourth-order valence-corrected chi connectivity index (χ4v) is 1.20. The van der Waals surface area contributed by atoms with Gasteiger partial charge in [0.25, 0.3) is 0 Å². The second-order valence-electron chi connectivity index (χ2n) is 2.80. The first-order valence-electron chi connectivity index (χ1n) is 3.79. The molecular weight excluding hydrogens is 211 g/mol. The minimum absolute atomic E-state index is 0.0712. The Morgan fingerprint density at radius 2 is 2.21 bits per heavy atom. The fraction of sp³-hybridized carbons (Fsp3) is 0.222. The third-order valence-corrected chi connectivity index (χ3v) is 2.15. The van der Waals surface area contributed by atoms with Crippen LogP contribution in [0.2, 0.25) is 5.02 Å². The molecule has 0 spiro atoms. The van der Waals surface area contributed by atoms with Crippen LogP contribution in [0.25, 0.3) is 0 Å². The van der Waals surface area contributed by atoms with Gasteiger partial charge in [-0.2, -0.15) is 0 Å². The van der Waals surface area contributed by atoms with E-state index in [1.165, 1.54) is 18.2 Å². The van der Waals surface area contributed by atoms with Crippen LogP contribution in [-0.2, 0) is 10.4 Å². The summed E-state index contributed by atoms with van der Waals surface area (Å²) in [6.45, 7) is -0.895. The van der Waals surface area contributed by atoms with Gasteiger partial charge in [0, 0.05) is 5.56 Å². The van der Waals surface area contributed by atoms with Crippen LogP contribution in [0, 0.1) is 5.82 Å². The number of hydrogen-bond acceptors (Lipinski definition) is 3. The SMILES string of the molecule is O=CC(O)(CO)c1cccc(Cl)c1F. The van der Waals surface area contributed by atoms with Gasteiger partial charge in [-0.15, -0.1) is 0 Å². The molecule has 0 saturated heterocycles. The summed E-state index contributed by atoms with van der Waals surface area (Å²) in [5.74, 6) is -0.905. The molecule has 0 saturated carbocycles. The highest BCUT2D eigenvalue weighted by Gasteiger charge is 2.31.